The van der Waals surface area contributed by atoms with Crippen LogP contribution in [0.2, 0.25) is 0 Å². The molecule has 0 atom stereocenters. The lowest BCUT2D eigenvalue weighted by Crippen LogP contribution is -2.28. The average molecular weight is 807 g/mol. The van der Waals surface area contributed by atoms with E-state index in [0.29, 0.717) is 5.82 Å². The lowest BCUT2D eigenvalue weighted by molar-refractivity contribution is 0.768. The summed E-state index contributed by atoms with van der Waals surface area (Å²) in [5.41, 5.74) is 16.5. The number of aromatic nitrogens is 2. The first kappa shape index (κ1) is 36.2. The lowest BCUT2D eigenvalue weighted by Gasteiger charge is -2.34. The minimum Gasteiger partial charge on any atom is -0.228 e. The summed E-state index contributed by atoms with van der Waals surface area (Å²) in [4.78, 5) is 10.8. The molecule has 290 valence electrons. The van der Waals surface area contributed by atoms with Gasteiger partial charge in [-0.2, -0.15) is 0 Å². The van der Waals surface area contributed by atoms with E-state index in [0.717, 1.165) is 44.8 Å². The van der Waals surface area contributed by atoms with Crippen molar-refractivity contribution in [2.75, 3.05) is 0 Å². The summed E-state index contributed by atoms with van der Waals surface area (Å²) in [6.07, 6.45) is 0. The molecule has 12 rings (SSSR count). The second-order valence-corrected chi connectivity index (χ2v) is 17.1. The van der Waals surface area contributed by atoms with Crippen LogP contribution in [-0.4, -0.2) is 9.97 Å². The van der Waals surface area contributed by atoms with E-state index in [1.165, 1.54) is 59.1 Å². The monoisotopic (exact) mass is 806 g/mol. The largest absolute Gasteiger partial charge is 0.228 e. The van der Waals surface area contributed by atoms with Gasteiger partial charge in [0.05, 0.1) is 16.8 Å². The molecule has 1 aliphatic carbocycles. The molecule has 3 heteroatoms. The maximum Gasteiger partial charge on any atom is 0.160 e. The lowest BCUT2D eigenvalue weighted by atomic mass is 9.67. The fourth-order valence-corrected chi connectivity index (χ4v) is 11.0. The van der Waals surface area contributed by atoms with Crippen molar-refractivity contribution >= 4 is 31.5 Å². The van der Waals surface area contributed by atoms with Crippen molar-refractivity contribution in [1.29, 1.82) is 0 Å². The Balaban J connectivity index is 1.08. The van der Waals surface area contributed by atoms with Gasteiger partial charge < -0.3 is 0 Å². The molecule has 1 aliphatic rings. The van der Waals surface area contributed by atoms with Crippen molar-refractivity contribution in [3.05, 3.63) is 253 Å². The van der Waals surface area contributed by atoms with E-state index >= 15 is 0 Å². The Labute approximate surface area is 365 Å². The maximum atomic E-state index is 5.41. The van der Waals surface area contributed by atoms with Crippen LogP contribution in [0.1, 0.15) is 22.3 Å². The van der Waals surface area contributed by atoms with Crippen LogP contribution >= 0.6 is 11.3 Å². The number of hydrogen-bond acceptors (Lipinski definition) is 3. The van der Waals surface area contributed by atoms with Crippen LogP contribution in [0.5, 0.6) is 0 Å². The minimum absolute atomic E-state index is 0.496. The number of hydrogen-bond donors (Lipinski definition) is 0. The molecule has 0 saturated heterocycles. The third-order valence-corrected chi connectivity index (χ3v) is 13.8. The predicted molar refractivity (Wildman–Crippen MR) is 259 cm³/mol. The summed E-state index contributed by atoms with van der Waals surface area (Å²) in [7, 11) is 0. The van der Waals surface area contributed by atoms with Crippen molar-refractivity contribution in [3.8, 4) is 67.3 Å². The standard InChI is InChI=1S/C59H38N2S/c1-4-19-39(20-5-1)58-60-53(45-27-12-10-25-43(45)40-35-36-56-50(37-40)47-29-15-17-34-55(47)62-56)38-54(61-58)46-28-13-11-26-44(46)48-31-18-33-52-57(48)49-30-14-16-32-51(49)59(52,41-21-6-2-7-22-41)42-23-8-3-9-24-42/h1-38H. The Bertz CT molecular complexity index is 3420. The van der Waals surface area contributed by atoms with E-state index < -0.39 is 5.41 Å². The Morgan fingerprint density at radius 3 is 1.55 bits per heavy atom. The Morgan fingerprint density at radius 1 is 0.323 bits per heavy atom. The van der Waals surface area contributed by atoms with Gasteiger partial charge >= 0.3 is 0 Å². The summed E-state index contributed by atoms with van der Waals surface area (Å²) in [5.74, 6) is 0.692. The van der Waals surface area contributed by atoms with Crippen LogP contribution in [0.25, 0.3) is 87.5 Å². The van der Waals surface area contributed by atoms with Gasteiger partial charge in [-0.3, -0.25) is 0 Å². The molecular weight excluding hydrogens is 769 g/mol. The summed E-state index contributed by atoms with van der Waals surface area (Å²) >= 11 is 1.85. The van der Waals surface area contributed by atoms with Gasteiger partial charge in [-0.1, -0.05) is 206 Å². The first-order chi connectivity index (χ1) is 30.8. The highest BCUT2D eigenvalue weighted by Crippen LogP contribution is 2.58. The van der Waals surface area contributed by atoms with E-state index in [9.17, 15) is 0 Å². The zero-order valence-corrected chi connectivity index (χ0v) is 34.6. The zero-order chi connectivity index (χ0) is 41.0. The highest BCUT2D eigenvalue weighted by Gasteiger charge is 2.46. The summed E-state index contributed by atoms with van der Waals surface area (Å²) in [6, 6.07) is 83.4. The Kier molecular flexibility index (Phi) is 8.62. The molecule has 2 nitrogen and oxygen atoms in total. The van der Waals surface area contributed by atoms with E-state index in [1.54, 1.807) is 0 Å². The molecule has 9 aromatic carbocycles. The molecule has 0 aliphatic heterocycles. The number of fused-ring (bicyclic) bond motifs is 6. The second kappa shape index (κ2) is 14.8. The van der Waals surface area contributed by atoms with Crippen LogP contribution < -0.4 is 0 Å². The van der Waals surface area contributed by atoms with E-state index in [-0.39, 0.29) is 0 Å². The molecule has 0 N–H and O–H groups in total. The molecule has 0 amide bonds. The number of benzene rings is 9. The fraction of sp³-hybridized carbons (Fsp3) is 0.0169. The van der Waals surface area contributed by atoms with Crippen LogP contribution in [0.4, 0.5) is 0 Å². The smallest absolute Gasteiger partial charge is 0.160 e. The van der Waals surface area contributed by atoms with Gasteiger partial charge in [-0.25, -0.2) is 9.97 Å². The second-order valence-electron chi connectivity index (χ2n) is 16.0. The maximum absolute atomic E-state index is 5.41. The molecule has 0 saturated carbocycles. The molecule has 62 heavy (non-hydrogen) atoms. The number of rotatable bonds is 7. The molecule has 0 spiro atoms. The highest BCUT2D eigenvalue weighted by atomic mass is 32.1. The van der Waals surface area contributed by atoms with E-state index in [4.69, 9.17) is 9.97 Å². The summed E-state index contributed by atoms with van der Waals surface area (Å²) in [6.45, 7) is 0. The number of thiophene rings is 1. The molecule has 0 unspecified atom stereocenters. The minimum atomic E-state index is -0.496. The molecule has 2 heterocycles. The molecule has 0 radical (unpaired) electrons. The van der Waals surface area contributed by atoms with Gasteiger partial charge in [0.1, 0.15) is 0 Å². The third kappa shape index (κ3) is 5.70. The fourth-order valence-electron chi connectivity index (χ4n) is 9.95. The van der Waals surface area contributed by atoms with Crippen molar-refractivity contribution in [3.63, 3.8) is 0 Å². The zero-order valence-electron chi connectivity index (χ0n) is 33.7. The summed E-state index contributed by atoms with van der Waals surface area (Å²) in [5, 5.41) is 2.57. The van der Waals surface area contributed by atoms with E-state index in [2.05, 4.69) is 224 Å². The first-order valence-corrected chi connectivity index (χ1v) is 22.0. The quantitative estimate of drug-likeness (QED) is 0.160. The molecule has 0 bridgehead atoms. The van der Waals surface area contributed by atoms with Gasteiger partial charge in [-0.05, 0) is 79.9 Å². The Hall–Kier alpha value is -7.72. The van der Waals surface area contributed by atoms with Crippen molar-refractivity contribution in [2.24, 2.45) is 0 Å². The van der Waals surface area contributed by atoms with Crippen LogP contribution in [0.3, 0.4) is 0 Å². The molecule has 2 aromatic heterocycles. The van der Waals surface area contributed by atoms with E-state index in [1.807, 2.05) is 17.4 Å². The predicted octanol–water partition coefficient (Wildman–Crippen LogP) is 15.5. The van der Waals surface area contributed by atoms with Crippen molar-refractivity contribution < 1.29 is 0 Å². The summed E-state index contributed by atoms with van der Waals surface area (Å²) < 4.78 is 2.59. The highest BCUT2D eigenvalue weighted by molar-refractivity contribution is 7.25. The van der Waals surface area contributed by atoms with Crippen LogP contribution in [0, 0.1) is 0 Å². The molecular formula is C59H38N2S. The Morgan fingerprint density at radius 2 is 0.839 bits per heavy atom. The SMILES string of the molecule is c1ccc(-c2nc(-c3ccccc3-c3ccc4sc5ccccc5c4c3)cc(-c3ccccc3-c3cccc4c3-c3ccccc3C4(c3ccccc3)c3ccccc3)n2)cc1. The molecule has 11 aromatic rings. The topological polar surface area (TPSA) is 25.8 Å². The van der Waals surface area contributed by atoms with Crippen LogP contribution in [0.15, 0.2) is 231 Å². The van der Waals surface area contributed by atoms with Gasteiger partial charge in [-0.15, -0.1) is 11.3 Å². The average Bonchev–Trinajstić information content (AvgIpc) is 3.88. The van der Waals surface area contributed by atoms with Crippen molar-refractivity contribution in [2.45, 2.75) is 5.41 Å². The van der Waals surface area contributed by atoms with Gasteiger partial charge in [0.15, 0.2) is 5.82 Å². The van der Waals surface area contributed by atoms with Crippen LogP contribution in [-0.2, 0) is 5.41 Å². The van der Waals surface area contributed by atoms with Crippen molar-refractivity contribution in [1.82, 2.24) is 9.97 Å². The van der Waals surface area contributed by atoms with Gasteiger partial charge in [0.2, 0.25) is 0 Å². The third-order valence-electron chi connectivity index (χ3n) is 12.6. The van der Waals surface area contributed by atoms with Gasteiger partial charge in [0.25, 0.3) is 0 Å². The number of nitrogens with zero attached hydrogens (tertiary/aromatic N) is 2. The van der Waals surface area contributed by atoms with Gasteiger partial charge in [0, 0.05) is 36.9 Å². The first-order valence-electron chi connectivity index (χ1n) is 21.2. The molecule has 0 fully saturated rings. The normalized spacial score (nSPS) is 12.6.